The van der Waals surface area contributed by atoms with E-state index in [4.69, 9.17) is 5.73 Å². The fraction of sp³-hybridized carbons (Fsp3) is 0.300. The molecular weight excluding hydrogens is 333 g/mol. The number of nitrogens with one attached hydrogen (secondary N) is 2. The maximum absolute atomic E-state index is 13.2. The van der Waals surface area contributed by atoms with Crippen molar-refractivity contribution in [3.05, 3.63) is 59.9 Å². The van der Waals surface area contributed by atoms with Crippen molar-refractivity contribution >= 4 is 23.2 Å². The molecule has 2 aromatic rings. The van der Waals surface area contributed by atoms with Gasteiger partial charge in [-0.3, -0.25) is 9.59 Å². The Balaban J connectivity index is 1.88. The number of hydrogen-bond acceptors (Lipinski definition) is 3. The van der Waals surface area contributed by atoms with Gasteiger partial charge in [0, 0.05) is 23.4 Å². The van der Waals surface area contributed by atoms with Gasteiger partial charge in [-0.1, -0.05) is 25.0 Å². The second-order valence-corrected chi connectivity index (χ2v) is 6.05. The maximum Gasteiger partial charge on any atom is 0.255 e. The van der Waals surface area contributed by atoms with Crippen LogP contribution in [0.1, 0.15) is 42.5 Å². The first kappa shape index (κ1) is 19.6. The Morgan fingerprint density at radius 2 is 1.58 bits per heavy atom. The Morgan fingerprint density at radius 1 is 0.885 bits per heavy atom. The summed E-state index contributed by atoms with van der Waals surface area (Å²) in [5.74, 6) is -0.871. The maximum atomic E-state index is 13.2. The summed E-state index contributed by atoms with van der Waals surface area (Å²) in [7, 11) is 0. The average Bonchev–Trinajstić information content (AvgIpc) is 2.62. The Hall–Kier alpha value is -2.73. The predicted octanol–water partition coefficient (Wildman–Crippen LogP) is 3.93. The Kier molecular flexibility index (Phi) is 7.76. The number of nitrogens with two attached hydrogens (primary N) is 1. The molecule has 2 amide bonds. The highest BCUT2D eigenvalue weighted by atomic mass is 19.1. The number of benzene rings is 2. The lowest BCUT2D eigenvalue weighted by Crippen LogP contribution is -2.14. The molecule has 0 aliphatic carbocycles. The molecule has 0 aliphatic heterocycles. The van der Waals surface area contributed by atoms with Gasteiger partial charge in [0.25, 0.3) is 5.91 Å². The van der Waals surface area contributed by atoms with Crippen LogP contribution in [0, 0.1) is 5.82 Å². The minimum absolute atomic E-state index is 0.0829. The van der Waals surface area contributed by atoms with Crippen LogP contribution in [-0.2, 0) is 4.79 Å². The van der Waals surface area contributed by atoms with Gasteiger partial charge in [0.05, 0.1) is 0 Å². The number of carbonyl (C=O) groups is 2. The van der Waals surface area contributed by atoms with E-state index in [1.54, 1.807) is 30.3 Å². The normalized spacial score (nSPS) is 10.4. The number of carbonyl (C=O) groups excluding carboxylic acids is 2. The molecule has 0 heterocycles. The minimum atomic E-state index is -0.421. The van der Waals surface area contributed by atoms with Gasteiger partial charge >= 0.3 is 0 Å². The highest BCUT2D eigenvalue weighted by Crippen LogP contribution is 2.15. The van der Waals surface area contributed by atoms with Crippen molar-refractivity contribution in [2.45, 2.75) is 32.1 Å². The molecule has 0 spiro atoms. The largest absolute Gasteiger partial charge is 0.330 e. The van der Waals surface area contributed by atoms with E-state index in [9.17, 15) is 14.0 Å². The monoisotopic (exact) mass is 357 g/mol. The van der Waals surface area contributed by atoms with E-state index in [0.717, 1.165) is 25.7 Å². The molecule has 0 aromatic heterocycles. The fourth-order valence-electron chi connectivity index (χ4n) is 2.51. The predicted molar refractivity (Wildman–Crippen MR) is 102 cm³/mol. The molecule has 5 nitrogen and oxygen atoms in total. The van der Waals surface area contributed by atoms with Gasteiger partial charge in [-0.05, 0) is 55.8 Å². The van der Waals surface area contributed by atoms with Crippen molar-refractivity contribution in [2.75, 3.05) is 17.2 Å². The van der Waals surface area contributed by atoms with Crippen molar-refractivity contribution < 1.29 is 14.0 Å². The lowest BCUT2D eigenvalue weighted by Gasteiger charge is -2.09. The summed E-state index contributed by atoms with van der Waals surface area (Å²) in [5.41, 5.74) is 6.76. The van der Waals surface area contributed by atoms with Gasteiger partial charge in [0.15, 0.2) is 0 Å². The zero-order valence-electron chi connectivity index (χ0n) is 14.6. The van der Waals surface area contributed by atoms with E-state index in [0.29, 0.717) is 29.9 Å². The molecule has 6 heteroatoms. The number of halogens is 1. The molecule has 0 aliphatic rings. The summed E-state index contributed by atoms with van der Waals surface area (Å²) >= 11 is 0. The number of hydrogen-bond donors (Lipinski definition) is 3. The molecule has 0 saturated carbocycles. The van der Waals surface area contributed by atoms with Crippen molar-refractivity contribution in [1.82, 2.24) is 0 Å². The van der Waals surface area contributed by atoms with Gasteiger partial charge in [0.2, 0.25) is 5.91 Å². The molecule has 4 N–H and O–H groups in total. The van der Waals surface area contributed by atoms with Crippen LogP contribution in [0.3, 0.4) is 0 Å². The molecule has 0 radical (unpaired) electrons. The highest BCUT2D eigenvalue weighted by Gasteiger charge is 2.09. The van der Waals surface area contributed by atoms with E-state index < -0.39 is 5.82 Å². The van der Waals surface area contributed by atoms with Gasteiger partial charge in [-0.2, -0.15) is 0 Å². The van der Waals surface area contributed by atoms with Crippen LogP contribution in [0.5, 0.6) is 0 Å². The average molecular weight is 357 g/mol. The summed E-state index contributed by atoms with van der Waals surface area (Å²) in [6.45, 7) is 0.677. The molecule has 2 rings (SSSR count). The number of unbranched alkanes of at least 4 members (excludes halogenated alkanes) is 3. The molecule has 0 unspecified atom stereocenters. The van der Waals surface area contributed by atoms with E-state index >= 15 is 0 Å². The summed E-state index contributed by atoms with van der Waals surface area (Å²) in [5, 5.41) is 5.43. The third kappa shape index (κ3) is 6.64. The molecule has 0 fully saturated rings. The van der Waals surface area contributed by atoms with Crippen LogP contribution < -0.4 is 16.4 Å². The van der Waals surface area contributed by atoms with Crippen molar-refractivity contribution in [2.24, 2.45) is 5.73 Å². The Labute approximate surface area is 152 Å². The number of rotatable bonds is 9. The van der Waals surface area contributed by atoms with Crippen molar-refractivity contribution in [3.63, 3.8) is 0 Å². The molecular formula is C20H24FN3O2. The zero-order chi connectivity index (χ0) is 18.8. The van der Waals surface area contributed by atoms with Gasteiger partial charge in [-0.15, -0.1) is 0 Å². The Morgan fingerprint density at radius 3 is 2.31 bits per heavy atom. The highest BCUT2D eigenvalue weighted by molar-refractivity contribution is 6.05. The van der Waals surface area contributed by atoms with Gasteiger partial charge in [0.1, 0.15) is 5.82 Å². The summed E-state index contributed by atoms with van der Waals surface area (Å²) in [6, 6.07) is 12.3. The summed E-state index contributed by atoms with van der Waals surface area (Å²) in [6.07, 6.45) is 4.22. The van der Waals surface area contributed by atoms with Gasteiger partial charge in [-0.25, -0.2) is 4.39 Å². The summed E-state index contributed by atoms with van der Waals surface area (Å²) in [4.78, 5) is 24.3. The van der Waals surface area contributed by atoms with Crippen LogP contribution >= 0.6 is 0 Å². The van der Waals surface area contributed by atoms with Gasteiger partial charge < -0.3 is 16.4 Å². The van der Waals surface area contributed by atoms with Crippen LogP contribution in [0.15, 0.2) is 48.5 Å². The third-order valence-corrected chi connectivity index (χ3v) is 3.85. The van der Waals surface area contributed by atoms with Crippen LogP contribution in [0.25, 0.3) is 0 Å². The zero-order valence-corrected chi connectivity index (χ0v) is 14.6. The quantitative estimate of drug-likeness (QED) is 0.595. The van der Waals surface area contributed by atoms with Crippen molar-refractivity contribution in [1.29, 1.82) is 0 Å². The first-order valence-corrected chi connectivity index (χ1v) is 8.75. The minimum Gasteiger partial charge on any atom is -0.330 e. The third-order valence-electron chi connectivity index (χ3n) is 3.85. The second-order valence-electron chi connectivity index (χ2n) is 6.05. The number of anilines is 2. The fourth-order valence-corrected chi connectivity index (χ4v) is 2.51. The SMILES string of the molecule is NCCCCCCC(=O)Nc1cccc(C(=O)Nc2cccc(F)c2)c1. The second kappa shape index (κ2) is 10.3. The van der Waals surface area contributed by atoms with Crippen LogP contribution in [0.4, 0.5) is 15.8 Å². The van der Waals surface area contributed by atoms with E-state index in [1.807, 2.05) is 0 Å². The molecule has 0 bridgehead atoms. The molecule has 0 saturated heterocycles. The topological polar surface area (TPSA) is 84.2 Å². The lowest BCUT2D eigenvalue weighted by molar-refractivity contribution is -0.116. The molecule has 2 aromatic carbocycles. The van der Waals surface area contributed by atoms with E-state index in [-0.39, 0.29) is 11.8 Å². The standard InChI is InChI=1S/C20H24FN3O2/c21-16-8-6-10-18(14-16)24-20(26)15-7-5-9-17(13-15)23-19(25)11-3-1-2-4-12-22/h5-10,13-14H,1-4,11-12,22H2,(H,23,25)(H,24,26). The molecule has 138 valence electrons. The first-order chi connectivity index (χ1) is 12.6. The summed E-state index contributed by atoms with van der Waals surface area (Å²) < 4.78 is 13.2. The molecule has 0 atom stereocenters. The van der Waals surface area contributed by atoms with Crippen molar-refractivity contribution in [3.8, 4) is 0 Å². The smallest absolute Gasteiger partial charge is 0.255 e. The van der Waals surface area contributed by atoms with Crippen LogP contribution in [-0.4, -0.2) is 18.4 Å². The molecule has 26 heavy (non-hydrogen) atoms. The van der Waals surface area contributed by atoms with Crippen LogP contribution in [0.2, 0.25) is 0 Å². The number of amides is 2. The van der Waals surface area contributed by atoms with E-state index in [1.165, 1.54) is 18.2 Å². The van der Waals surface area contributed by atoms with E-state index in [2.05, 4.69) is 10.6 Å². The first-order valence-electron chi connectivity index (χ1n) is 8.75. The Bertz CT molecular complexity index is 749. The lowest BCUT2D eigenvalue weighted by atomic mass is 10.1.